The van der Waals surface area contributed by atoms with Crippen molar-refractivity contribution in [3.8, 4) is 0 Å². The van der Waals surface area contributed by atoms with Crippen molar-refractivity contribution in [1.29, 1.82) is 0 Å². The van der Waals surface area contributed by atoms with Crippen LogP contribution in [-0.4, -0.2) is 36.9 Å². The molecule has 0 radical (unpaired) electrons. The quantitative estimate of drug-likeness (QED) is 0.828. The van der Waals surface area contributed by atoms with Gasteiger partial charge in [-0.15, -0.1) is 0 Å². The largest absolute Gasteiger partial charge is 0.347 e. The predicted molar refractivity (Wildman–Crippen MR) is 80.1 cm³/mol. The van der Waals surface area contributed by atoms with Crippen LogP contribution in [0.1, 0.15) is 25.7 Å². The second-order valence-corrected chi connectivity index (χ2v) is 5.84. The van der Waals surface area contributed by atoms with Crippen LogP contribution in [-0.2, 0) is 19.1 Å². The Balaban J connectivity index is 1.44. The molecule has 0 aromatic heterocycles. The Morgan fingerprint density at radius 1 is 1.17 bits per heavy atom. The molecule has 1 atom stereocenters. The minimum absolute atomic E-state index is 0.220. The summed E-state index contributed by atoms with van der Waals surface area (Å²) in [4.78, 5) is 23.6. The van der Waals surface area contributed by atoms with Crippen LogP contribution in [0.3, 0.4) is 0 Å². The summed E-state index contributed by atoms with van der Waals surface area (Å²) in [5.41, 5.74) is 0.358. The van der Waals surface area contributed by atoms with Crippen LogP contribution in [0.25, 0.3) is 0 Å². The SMILES string of the molecule is O=C(NC[C@H]1COC2(CCCC2)O1)C(=O)Nc1ccc(F)cc1. The van der Waals surface area contributed by atoms with Gasteiger partial charge in [-0.25, -0.2) is 4.39 Å². The first kappa shape index (κ1) is 15.9. The number of rotatable bonds is 3. The summed E-state index contributed by atoms with van der Waals surface area (Å²) >= 11 is 0. The van der Waals surface area contributed by atoms with E-state index in [1.54, 1.807) is 0 Å². The Morgan fingerprint density at radius 2 is 1.87 bits per heavy atom. The smallest absolute Gasteiger partial charge is 0.313 e. The van der Waals surface area contributed by atoms with Gasteiger partial charge in [0.05, 0.1) is 6.61 Å². The van der Waals surface area contributed by atoms with Gasteiger partial charge in [0, 0.05) is 25.1 Å². The van der Waals surface area contributed by atoms with Crippen molar-refractivity contribution < 1.29 is 23.5 Å². The number of hydrogen-bond donors (Lipinski definition) is 2. The number of carbonyl (C=O) groups is 2. The van der Waals surface area contributed by atoms with Crippen molar-refractivity contribution in [2.45, 2.75) is 37.6 Å². The highest BCUT2D eigenvalue weighted by atomic mass is 19.1. The number of anilines is 1. The van der Waals surface area contributed by atoms with E-state index in [9.17, 15) is 14.0 Å². The highest BCUT2D eigenvalue weighted by Crippen LogP contribution is 2.38. The Kier molecular flexibility index (Phi) is 4.58. The zero-order chi connectivity index (χ0) is 16.3. The molecule has 2 aliphatic rings. The fourth-order valence-corrected chi connectivity index (χ4v) is 2.90. The lowest BCUT2D eigenvalue weighted by Crippen LogP contribution is -2.40. The molecule has 1 heterocycles. The number of benzene rings is 1. The molecule has 1 aromatic rings. The molecule has 124 valence electrons. The van der Waals surface area contributed by atoms with Gasteiger partial charge in [0.1, 0.15) is 11.9 Å². The molecule has 1 saturated carbocycles. The Hall–Kier alpha value is -1.99. The van der Waals surface area contributed by atoms with E-state index < -0.39 is 23.4 Å². The first-order valence-corrected chi connectivity index (χ1v) is 7.73. The summed E-state index contributed by atoms with van der Waals surface area (Å²) in [7, 11) is 0. The Morgan fingerprint density at radius 3 is 2.57 bits per heavy atom. The zero-order valence-electron chi connectivity index (χ0n) is 12.6. The maximum absolute atomic E-state index is 12.8. The van der Waals surface area contributed by atoms with Gasteiger partial charge in [-0.2, -0.15) is 0 Å². The Bertz CT molecular complexity index is 584. The van der Waals surface area contributed by atoms with Gasteiger partial charge >= 0.3 is 11.8 Å². The van der Waals surface area contributed by atoms with Crippen molar-refractivity contribution in [1.82, 2.24) is 5.32 Å². The molecule has 23 heavy (non-hydrogen) atoms. The average Bonchev–Trinajstić information content (AvgIpc) is 3.17. The molecule has 1 aliphatic heterocycles. The maximum atomic E-state index is 12.8. The molecule has 3 rings (SSSR count). The number of ether oxygens (including phenoxy) is 2. The third kappa shape index (κ3) is 3.86. The first-order valence-electron chi connectivity index (χ1n) is 7.73. The lowest BCUT2D eigenvalue weighted by molar-refractivity contribution is -0.161. The van der Waals surface area contributed by atoms with Gasteiger partial charge in [-0.3, -0.25) is 9.59 Å². The molecule has 1 saturated heterocycles. The van der Waals surface area contributed by atoms with E-state index in [0.717, 1.165) is 25.7 Å². The van der Waals surface area contributed by atoms with Crippen molar-refractivity contribution in [2.75, 3.05) is 18.5 Å². The normalized spacial score (nSPS) is 22.2. The van der Waals surface area contributed by atoms with Crippen molar-refractivity contribution in [2.24, 2.45) is 0 Å². The van der Waals surface area contributed by atoms with Crippen LogP contribution in [0.4, 0.5) is 10.1 Å². The van der Waals surface area contributed by atoms with E-state index in [4.69, 9.17) is 9.47 Å². The third-order valence-corrected chi connectivity index (χ3v) is 4.08. The molecule has 2 amide bonds. The monoisotopic (exact) mass is 322 g/mol. The van der Waals surface area contributed by atoms with Crippen LogP contribution in [0.2, 0.25) is 0 Å². The number of carbonyl (C=O) groups excluding carboxylic acids is 2. The molecule has 0 unspecified atom stereocenters. The van der Waals surface area contributed by atoms with Crippen LogP contribution in [0, 0.1) is 5.82 Å². The number of amides is 2. The highest BCUT2D eigenvalue weighted by molar-refractivity contribution is 6.39. The van der Waals surface area contributed by atoms with Crippen LogP contribution in [0.15, 0.2) is 24.3 Å². The molecule has 2 N–H and O–H groups in total. The summed E-state index contributed by atoms with van der Waals surface area (Å²) < 4.78 is 24.3. The molecular formula is C16H19FN2O4. The van der Waals surface area contributed by atoms with E-state index in [1.807, 2.05) is 0 Å². The van der Waals surface area contributed by atoms with Gasteiger partial charge in [0.15, 0.2) is 5.79 Å². The molecule has 2 fully saturated rings. The molecule has 0 bridgehead atoms. The molecule has 1 spiro atoms. The first-order chi connectivity index (χ1) is 11.1. The van der Waals surface area contributed by atoms with Gasteiger partial charge in [0.25, 0.3) is 0 Å². The van der Waals surface area contributed by atoms with Gasteiger partial charge in [-0.1, -0.05) is 0 Å². The van der Waals surface area contributed by atoms with Crippen LogP contribution < -0.4 is 10.6 Å². The maximum Gasteiger partial charge on any atom is 0.313 e. The molecule has 1 aliphatic carbocycles. The molecule has 7 heteroatoms. The van der Waals surface area contributed by atoms with E-state index in [-0.39, 0.29) is 12.6 Å². The van der Waals surface area contributed by atoms with Gasteiger partial charge in [-0.05, 0) is 37.1 Å². The van der Waals surface area contributed by atoms with E-state index in [1.165, 1.54) is 24.3 Å². The number of nitrogens with one attached hydrogen (secondary N) is 2. The van der Waals surface area contributed by atoms with Gasteiger partial charge in [0.2, 0.25) is 0 Å². The summed E-state index contributed by atoms with van der Waals surface area (Å²) in [6.45, 7) is 0.636. The minimum Gasteiger partial charge on any atom is -0.347 e. The fourth-order valence-electron chi connectivity index (χ4n) is 2.90. The summed E-state index contributed by atoms with van der Waals surface area (Å²) in [5, 5.41) is 4.94. The predicted octanol–water partition coefficient (Wildman–Crippen LogP) is 1.57. The Labute approximate surface area is 133 Å². The molecular weight excluding hydrogens is 303 g/mol. The summed E-state index contributed by atoms with van der Waals surface area (Å²) in [6, 6.07) is 5.19. The highest BCUT2D eigenvalue weighted by Gasteiger charge is 2.43. The van der Waals surface area contributed by atoms with Crippen molar-refractivity contribution in [3.63, 3.8) is 0 Å². The van der Waals surface area contributed by atoms with Crippen LogP contribution >= 0.6 is 0 Å². The summed E-state index contributed by atoms with van der Waals surface area (Å²) in [5.74, 6) is -2.45. The van der Waals surface area contributed by atoms with Crippen molar-refractivity contribution >= 4 is 17.5 Å². The van der Waals surface area contributed by atoms with E-state index in [0.29, 0.717) is 12.3 Å². The lowest BCUT2D eigenvalue weighted by Gasteiger charge is -2.21. The van der Waals surface area contributed by atoms with E-state index in [2.05, 4.69) is 10.6 Å². The topological polar surface area (TPSA) is 76.7 Å². The van der Waals surface area contributed by atoms with Crippen LogP contribution in [0.5, 0.6) is 0 Å². The second-order valence-electron chi connectivity index (χ2n) is 5.84. The molecule has 1 aromatic carbocycles. The van der Waals surface area contributed by atoms with E-state index >= 15 is 0 Å². The number of halogens is 1. The van der Waals surface area contributed by atoms with Gasteiger partial charge < -0.3 is 20.1 Å². The fraction of sp³-hybridized carbons (Fsp3) is 0.500. The summed E-state index contributed by atoms with van der Waals surface area (Å²) in [6.07, 6.45) is 3.68. The number of hydrogen-bond acceptors (Lipinski definition) is 4. The minimum atomic E-state index is -0.800. The zero-order valence-corrected chi connectivity index (χ0v) is 12.6. The lowest BCUT2D eigenvalue weighted by atomic mass is 10.2. The van der Waals surface area contributed by atoms with Crippen molar-refractivity contribution in [3.05, 3.63) is 30.1 Å². The standard InChI is InChI=1S/C16H19FN2O4/c17-11-3-5-12(6-4-11)19-15(21)14(20)18-9-13-10-22-16(23-13)7-1-2-8-16/h3-6,13H,1-2,7-10H2,(H,18,20)(H,19,21)/t13-/m0/s1. The third-order valence-electron chi connectivity index (χ3n) is 4.08. The average molecular weight is 322 g/mol. The molecule has 6 nitrogen and oxygen atoms in total. The second kappa shape index (κ2) is 6.64.